The smallest absolute Gasteiger partial charge is 0.328 e. The maximum absolute atomic E-state index is 10.1. The second kappa shape index (κ2) is 10.9. The molecule has 1 aromatic carbocycles. The van der Waals surface area contributed by atoms with Crippen LogP contribution in [0.1, 0.15) is 5.56 Å². The summed E-state index contributed by atoms with van der Waals surface area (Å²) in [6.45, 7) is 1.51. The molecule has 1 heterocycles. The Morgan fingerprint density at radius 2 is 1.74 bits per heavy atom. The SMILES string of the molecule is COC1CNCC(OC)N1OC.O=C(O)C=Cc1ccccc1. The van der Waals surface area contributed by atoms with E-state index in [4.69, 9.17) is 19.4 Å². The number of benzene rings is 1. The van der Waals surface area contributed by atoms with Crippen molar-refractivity contribution in [1.29, 1.82) is 0 Å². The van der Waals surface area contributed by atoms with Crippen LogP contribution in [-0.2, 0) is 19.1 Å². The molecule has 2 unspecified atom stereocenters. The lowest BCUT2D eigenvalue weighted by Gasteiger charge is -2.38. The molecule has 1 aliphatic heterocycles. The zero-order chi connectivity index (χ0) is 17.1. The monoisotopic (exact) mass is 324 g/mol. The summed E-state index contributed by atoms with van der Waals surface area (Å²) in [5.41, 5.74) is 0.898. The van der Waals surface area contributed by atoms with Gasteiger partial charge in [-0.3, -0.25) is 4.84 Å². The van der Waals surface area contributed by atoms with Gasteiger partial charge in [-0.2, -0.15) is 0 Å². The molecular weight excluding hydrogens is 300 g/mol. The van der Waals surface area contributed by atoms with Crippen LogP contribution < -0.4 is 5.32 Å². The first kappa shape index (κ1) is 19.3. The lowest BCUT2D eigenvalue weighted by molar-refractivity contribution is -0.306. The maximum atomic E-state index is 10.1. The van der Waals surface area contributed by atoms with E-state index in [1.54, 1.807) is 32.5 Å². The van der Waals surface area contributed by atoms with Gasteiger partial charge in [-0.1, -0.05) is 30.3 Å². The lowest BCUT2D eigenvalue weighted by Crippen LogP contribution is -2.58. The molecule has 1 saturated heterocycles. The zero-order valence-corrected chi connectivity index (χ0v) is 13.6. The predicted octanol–water partition coefficient (Wildman–Crippen LogP) is 1.18. The molecule has 1 fully saturated rings. The Hall–Kier alpha value is -1.77. The van der Waals surface area contributed by atoms with E-state index < -0.39 is 5.97 Å². The predicted molar refractivity (Wildman–Crippen MR) is 86.4 cm³/mol. The number of nitrogens with one attached hydrogen (secondary N) is 1. The van der Waals surface area contributed by atoms with Gasteiger partial charge in [0.2, 0.25) is 0 Å². The molecule has 1 aromatic rings. The Morgan fingerprint density at radius 3 is 2.17 bits per heavy atom. The summed E-state index contributed by atoms with van der Waals surface area (Å²) in [6, 6.07) is 9.31. The van der Waals surface area contributed by atoms with Gasteiger partial charge in [-0.15, -0.1) is 5.06 Å². The summed E-state index contributed by atoms with van der Waals surface area (Å²) in [7, 11) is 4.91. The van der Waals surface area contributed by atoms with Gasteiger partial charge >= 0.3 is 5.97 Å². The second-order valence-electron chi connectivity index (χ2n) is 4.66. The Kier molecular flexibility index (Phi) is 9.11. The van der Waals surface area contributed by atoms with E-state index in [2.05, 4.69) is 5.32 Å². The normalized spacial score (nSPS) is 21.7. The van der Waals surface area contributed by atoms with E-state index in [1.165, 1.54) is 0 Å². The van der Waals surface area contributed by atoms with Crippen molar-refractivity contribution in [2.45, 2.75) is 12.5 Å². The van der Waals surface area contributed by atoms with E-state index in [1.807, 2.05) is 30.3 Å². The topological polar surface area (TPSA) is 80.3 Å². The first-order valence-electron chi connectivity index (χ1n) is 7.17. The van der Waals surface area contributed by atoms with Crippen molar-refractivity contribution in [1.82, 2.24) is 10.4 Å². The highest BCUT2D eigenvalue weighted by Crippen LogP contribution is 2.10. The molecule has 128 valence electrons. The second-order valence-corrected chi connectivity index (χ2v) is 4.66. The van der Waals surface area contributed by atoms with Gasteiger partial charge in [0.25, 0.3) is 0 Å². The summed E-state index contributed by atoms with van der Waals surface area (Å²) in [5, 5.41) is 13.2. The highest BCUT2D eigenvalue weighted by molar-refractivity contribution is 5.85. The average Bonchev–Trinajstić information content (AvgIpc) is 2.60. The van der Waals surface area contributed by atoms with Crippen LogP contribution in [0.2, 0.25) is 0 Å². The molecule has 0 amide bonds. The van der Waals surface area contributed by atoms with E-state index in [0.29, 0.717) is 0 Å². The lowest BCUT2D eigenvalue weighted by atomic mass is 10.2. The third-order valence-corrected chi connectivity index (χ3v) is 3.18. The molecule has 0 bridgehead atoms. The number of carbonyl (C=O) groups is 1. The number of nitrogens with zero attached hydrogens (tertiary/aromatic N) is 1. The molecule has 2 atom stereocenters. The van der Waals surface area contributed by atoms with Gasteiger partial charge < -0.3 is 19.9 Å². The number of hydrogen-bond acceptors (Lipinski definition) is 6. The standard InChI is InChI=1S/C9H8O2.C7H16N2O3/c10-9(11)7-6-8-4-2-1-3-5-8;1-10-6-4-8-5-7(11-2)9(6)12-3/h1-7H,(H,10,11);6-8H,4-5H2,1-3H3. The Morgan fingerprint density at radius 1 is 1.17 bits per heavy atom. The Bertz CT molecular complexity index is 469. The summed E-state index contributed by atoms with van der Waals surface area (Å²) in [4.78, 5) is 15.2. The molecule has 0 aliphatic carbocycles. The third kappa shape index (κ3) is 6.89. The largest absolute Gasteiger partial charge is 0.478 e. The molecule has 0 saturated carbocycles. The number of carboxylic acid groups (broad SMARTS) is 1. The quantitative estimate of drug-likeness (QED) is 0.787. The zero-order valence-electron chi connectivity index (χ0n) is 13.6. The van der Waals surface area contributed by atoms with Crippen LogP contribution >= 0.6 is 0 Å². The highest BCUT2D eigenvalue weighted by atomic mass is 16.7. The summed E-state index contributed by atoms with van der Waals surface area (Å²) in [5.74, 6) is -0.922. The highest BCUT2D eigenvalue weighted by Gasteiger charge is 2.30. The minimum Gasteiger partial charge on any atom is -0.478 e. The number of ether oxygens (including phenoxy) is 2. The van der Waals surface area contributed by atoms with Crippen molar-refractivity contribution >= 4 is 12.0 Å². The van der Waals surface area contributed by atoms with Crippen molar-refractivity contribution < 1.29 is 24.2 Å². The van der Waals surface area contributed by atoms with Crippen LogP contribution in [0.15, 0.2) is 36.4 Å². The van der Waals surface area contributed by atoms with E-state index in [9.17, 15) is 4.79 Å². The molecule has 7 heteroatoms. The van der Waals surface area contributed by atoms with Crippen LogP contribution in [-0.4, -0.2) is 63.0 Å². The Labute approximate surface area is 136 Å². The maximum Gasteiger partial charge on any atom is 0.328 e. The fourth-order valence-corrected chi connectivity index (χ4v) is 2.04. The number of piperazine rings is 1. The molecule has 0 spiro atoms. The van der Waals surface area contributed by atoms with Crippen LogP contribution in [0.5, 0.6) is 0 Å². The minimum absolute atomic E-state index is 0.0753. The van der Waals surface area contributed by atoms with E-state index in [-0.39, 0.29) is 12.5 Å². The molecule has 1 aliphatic rings. The fourth-order valence-electron chi connectivity index (χ4n) is 2.04. The molecule has 0 radical (unpaired) electrons. The van der Waals surface area contributed by atoms with Crippen LogP contribution in [0.3, 0.4) is 0 Å². The number of rotatable bonds is 5. The molecule has 7 nitrogen and oxygen atoms in total. The number of aliphatic carboxylic acids is 1. The van der Waals surface area contributed by atoms with Crippen LogP contribution in [0, 0.1) is 0 Å². The van der Waals surface area contributed by atoms with Gasteiger partial charge in [0, 0.05) is 33.4 Å². The molecular formula is C16H24N2O5. The number of methoxy groups -OCH3 is 2. The summed E-state index contributed by atoms with van der Waals surface area (Å²) < 4.78 is 10.4. The van der Waals surface area contributed by atoms with Gasteiger partial charge in [-0.25, -0.2) is 4.79 Å². The Balaban J connectivity index is 0.000000231. The molecule has 2 rings (SSSR count). The van der Waals surface area contributed by atoms with Gasteiger partial charge in [0.15, 0.2) is 0 Å². The van der Waals surface area contributed by atoms with Crippen molar-refractivity contribution in [3.63, 3.8) is 0 Å². The molecule has 23 heavy (non-hydrogen) atoms. The van der Waals surface area contributed by atoms with Crippen LogP contribution in [0.4, 0.5) is 0 Å². The van der Waals surface area contributed by atoms with Crippen molar-refractivity contribution in [3.8, 4) is 0 Å². The van der Waals surface area contributed by atoms with Crippen molar-refractivity contribution in [2.24, 2.45) is 0 Å². The van der Waals surface area contributed by atoms with Crippen molar-refractivity contribution in [2.75, 3.05) is 34.4 Å². The van der Waals surface area contributed by atoms with Crippen molar-refractivity contribution in [3.05, 3.63) is 42.0 Å². The third-order valence-electron chi connectivity index (χ3n) is 3.18. The fraction of sp³-hybridized carbons (Fsp3) is 0.438. The van der Waals surface area contributed by atoms with Gasteiger partial charge in [0.05, 0.1) is 7.11 Å². The van der Waals surface area contributed by atoms with Gasteiger partial charge in [-0.05, 0) is 11.6 Å². The van der Waals surface area contributed by atoms with E-state index >= 15 is 0 Å². The first-order valence-corrected chi connectivity index (χ1v) is 7.17. The van der Waals surface area contributed by atoms with Crippen LogP contribution in [0.25, 0.3) is 6.08 Å². The summed E-state index contributed by atoms with van der Waals surface area (Å²) >= 11 is 0. The first-order chi connectivity index (χ1) is 11.1. The average molecular weight is 324 g/mol. The number of hydrogen-bond donors (Lipinski definition) is 2. The molecule has 2 N–H and O–H groups in total. The number of hydroxylamine groups is 2. The van der Waals surface area contributed by atoms with E-state index in [0.717, 1.165) is 24.7 Å². The minimum atomic E-state index is -0.922. The number of carboxylic acids is 1. The van der Waals surface area contributed by atoms with Gasteiger partial charge in [0.1, 0.15) is 12.5 Å². The molecule has 0 aromatic heterocycles. The summed E-state index contributed by atoms with van der Waals surface area (Å²) in [6.07, 6.45) is 2.53.